The van der Waals surface area contributed by atoms with Gasteiger partial charge in [-0.3, -0.25) is 0 Å². The monoisotopic (exact) mass is 327 g/mol. The minimum Gasteiger partial charge on any atom is -0.494 e. The van der Waals surface area contributed by atoms with E-state index in [-0.39, 0.29) is 10.6 Å². The van der Waals surface area contributed by atoms with Crippen molar-refractivity contribution in [3.05, 3.63) is 59.1 Å². The van der Waals surface area contributed by atoms with Crippen molar-refractivity contribution in [3.8, 4) is 5.75 Å². The standard InChI is InChI=1S/C15H12F3NO2S/c1-21-13-7-4-9-19-14(13)22(20)10-8-11-5-2-3-6-12(11)15(16,17)18/h2-10H,1H3/b10-8+. The predicted molar refractivity (Wildman–Crippen MR) is 77.7 cm³/mol. The van der Waals surface area contributed by atoms with Gasteiger partial charge in [-0.15, -0.1) is 0 Å². The summed E-state index contributed by atoms with van der Waals surface area (Å²) in [7, 11) is -0.311. The summed E-state index contributed by atoms with van der Waals surface area (Å²) in [6, 6.07) is 8.27. The highest BCUT2D eigenvalue weighted by Gasteiger charge is 2.32. The van der Waals surface area contributed by atoms with Crippen molar-refractivity contribution >= 4 is 16.9 Å². The zero-order valence-corrected chi connectivity index (χ0v) is 12.3. The second-order valence-corrected chi connectivity index (χ2v) is 5.45. The molecule has 1 atom stereocenters. The third-order valence-corrected chi connectivity index (χ3v) is 3.86. The van der Waals surface area contributed by atoms with E-state index in [0.29, 0.717) is 5.75 Å². The topological polar surface area (TPSA) is 39.2 Å². The molecule has 0 bridgehead atoms. The van der Waals surface area contributed by atoms with Gasteiger partial charge < -0.3 is 4.74 Å². The maximum Gasteiger partial charge on any atom is 0.416 e. The SMILES string of the molecule is COc1cccnc1S(=O)/C=C/c1ccccc1C(F)(F)F. The molecule has 0 saturated heterocycles. The summed E-state index contributed by atoms with van der Waals surface area (Å²) in [5, 5.41) is 1.32. The molecule has 22 heavy (non-hydrogen) atoms. The van der Waals surface area contributed by atoms with Crippen LogP contribution in [0, 0.1) is 0 Å². The van der Waals surface area contributed by atoms with Crippen LogP contribution in [0.3, 0.4) is 0 Å². The summed E-state index contributed by atoms with van der Waals surface area (Å²) < 4.78 is 55.8. The molecule has 116 valence electrons. The third-order valence-electron chi connectivity index (χ3n) is 2.78. The van der Waals surface area contributed by atoms with Crippen LogP contribution >= 0.6 is 0 Å². The van der Waals surface area contributed by atoms with Gasteiger partial charge in [0.05, 0.1) is 12.7 Å². The lowest BCUT2D eigenvalue weighted by Gasteiger charge is -2.09. The number of hydrogen-bond donors (Lipinski definition) is 0. The van der Waals surface area contributed by atoms with Crippen molar-refractivity contribution in [3.63, 3.8) is 0 Å². The van der Waals surface area contributed by atoms with Crippen molar-refractivity contribution in [2.45, 2.75) is 11.2 Å². The van der Waals surface area contributed by atoms with Gasteiger partial charge in [0, 0.05) is 11.6 Å². The fourth-order valence-electron chi connectivity index (χ4n) is 1.78. The molecule has 7 heteroatoms. The van der Waals surface area contributed by atoms with Gasteiger partial charge >= 0.3 is 6.18 Å². The molecule has 1 aromatic carbocycles. The second kappa shape index (κ2) is 6.74. The highest BCUT2D eigenvalue weighted by molar-refractivity contribution is 7.88. The normalized spacial score (nSPS) is 13.3. The molecule has 0 saturated carbocycles. The molecule has 3 nitrogen and oxygen atoms in total. The first-order valence-electron chi connectivity index (χ1n) is 6.17. The van der Waals surface area contributed by atoms with Crippen LogP contribution in [-0.4, -0.2) is 16.3 Å². The number of nitrogens with zero attached hydrogens (tertiary/aromatic N) is 1. The van der Waals surface area contributed by atoms with E-state index in [1.54, 1.807) is 12.1 Å². The van der Waals surface area contributed by atoms with Crippen LogP contribution in [0.2, 0.25) is 0 Å². The Kier molecular flexibility index (Phi) is 4.97. The molecule has 0 N–H and O–H groups in total. The number of benzene rings is 1. The van der Waals surface area contributed by atoms with Gasteiger partial charge in [-0.05, 0) is 29.8 Å². The van der Waals surface area contributed by atoms with E-state index in [9.17, 15) is 17.4 Å². The van der Waals surface area contributed by atoms with Gasteiger partial charge in [0.15, 0.2) is 10.8 Å². The van der Waals surface area contributed by atoms with Crippen molar-refractivity contribution in [2.75, 3.05) is 7.11 Å². The number of rotatable bonds is 4. The zero-order valence-electron chi connectivity index (χ0n) is 11.5. The maximum absolute atomic E-state index is 12.9. The second-order valence-electron chi connectivity index (χ2n) is 4.20. The van der Waals surface area contributed by atoms with Crippen LogP contribution in [-0.2, 0) is 17.0 Å². The summed E-state index contributed by atoms with van der Waals surface area (Å²) >= 11 is 0. The van der Waals surface area contributed by atoms with Gasteiger partial charge in [-0.2, -0.15) is 13.2 Å². The Hall–Kier alpha value is -2.15. The molecule has 2 rings (SSSR count). The average Bonchev–Trinajstić information content (AvgIpc) is 2.52. The Balaban J connectivity index is 2.32. The molecule has 0 aliphatic rings. The number of pyridine rings is 1. The van der Waals surface area contributed by atoms with Crippen molar-refractivity contribution in [1.82, 2.24) is 4.98 Å². The molecule has 0 amide bonds. The Bertz CT molecular complexity index is 714. The molecular formula is C15H12F3NO2S. The molecule has 0 radical (unpaired) electrons. The summed E-state index contributed by atoms with van der Waals surface area (Å²) in [5.41, 5.74) is -0.838. The number of hydrogen-bond acceptors (Lipinski definition) is 3. The highest BCUT2D eigenvalue weighted by atomic mass is 32.2. The zero-order chi connectivity index (χ0) is 16.2. The average molecular weight is 327 g/mol. The van der Waals surface area contributed by atoms with E-state index in [0.717, 1.165) is 11.5 Å². The van der Waals surface area contributed by atoms with Crippen LogP contribution in [0.5, 0.6) is 5.75 Å². The largest absolute Gasteiger partial charge is 0.494 e. The Labute approximate surface area is 127 Å². The van der Waals surface area contributed by atoms with Crippen LogP contribution in [0.15, 0.2) is 53.0 Å². The Morgan fingerprint density at radius 3 is 2.59 bits per heavy atom. The molecular weight excluding hydrogens is 315 g/mol. The quantitative estimate of drug-likeness (QED) is 0.855. The van der Waals surface area contributed by atoms with Gasteiger partial charge in [-0.1, -0.05) is 18.2 Å². The molecule has 0 spiro atoms. The lowest BCUT2D eigenvalue weighted by atomic mass is 10.1. The Morgan fingerprint density at radius 1 is 1.18 bits per heavy atom. The number of alkyl halides is 3. The fraction of sp³-hybridized carbons (Fsp3) is 0.133. The van der Waals surface area contributed by atoms with Crippen LogP contribution in [0.4, 0.5) is 13.2 Å². The van der Waals surface area contributed by atoms with Crippen LogP contribution in [0.25, 0.3) is 6.08 Å². The first kappa shape index (κ1) is 16.2. The van der Waals surface area contributed by atoms with Gasteiger partial charge in [0.25, 0.3) is 0 Å². The smallest absolute Gasteiger partial charge is 0.416 e. The van der Waals surface area contributed by atoms with E-state index >= 15 is 0 Å². The van der Waals surface area contributed by atoms with Crippen molar-refractivity contribution < 1.29 is 22.1 Å². The minimum atomic E-state index is -4.47. The number of ether oxygens (including phenoxy) is 1. The van der Waals surface area contributed by atoms with Gasteiger partial charge in [0.2, 0.25) is 0 Å². The molecule has 2 aromatic rings. The maximum atomic E-state index is 12.9. The molecule has 0 aliphatic carbocycles. The fourth-order valence-corrected chi connectivity index (χ4v) is 2.70. The molecule has 0 aliphatic heterocycles. The van der Waals surface area contributed by atoms with E-state index < -0.39 is 22.5 Å². The molecule has 1 unspecified atom stereocenters. The summed E-state index contributed by atoms with van der Waals surface area (Å²) in [5.74, 6) is 0.314. The van der Waals surface area contributed by atoms with E-state index in [2.05, 4.69) is 4.98 Å². The van der Waals surface area contributed by atoms with E-state index in [1.165, 1.54) is 37.6 Å². The molecule has 1 heterocycles. The summed E-state index contributed by atoms with van der Waals surface area (Å²) in [6.07, 6.45) is -1.86. The Morgan fingerprint density at radius 2 is 1.91 bits per heavy atom. The molecule has 1 aromatic heterocycles. The summed E-state index contributed by atoms with van der Waals surface area (Å²) in [4.78, 5) is 3.93. The minimum absolute atomic E-state index is 0.0572. The van der Waals surface area contributed by atoms with E-state index in [1.807, 2.05) is 0 Å². The first-order chi connectivity index (χ1) is 10.4. The first-order valence-corrected chi connectivity index (χ1v) is 7.39. The number of halogens is 3. The van der Waals surface area contributed by atoms with E-state index in [4.69, 9.17) is 4.74 Å². The van der Waals surface area contributed by atoms with Gasteiger partial charge in [0.1, 0.15) is 10.8 Å². The number of aromatic nitrogens is 1. The van der Waals surface area contributed by atoms with Crippen LogP contribution in [0.1, 0.15) is 11.1 Å². The van der Waals surface area contributed by atoms with Gasteiger partial charge in [-0.25, -0.2) is 9.19 Å². The summed E-state index contributed by atoms with van der Waals surface area (Å²) in [6.45, 7) is 0. The van der Waals surface area contributed by atoms with Crippen molar-refractivity contribution in [2.24, 2.45) is 0 Å². The predicted octanol–water partition coefficient (Wildman–Crippen LogP) is 3.89. The molecule has 0 fully saturated rings. The highest BCUT2D eigenvalue weighted by Crippen LogP contribution is 2.32. The number of methoxy groups -OCH3 is 1. The van der Waals surface area contributed by atoms with Crippen LogP contribution < -0.4 is 4.74 Å². The van der Waals surface area contributed by atoms with Crippen molar-refractivity contribution in [1.29, 1.82) is 0 Å². The third kappa shape index (κ3) is 3.73. The lowest BCUT2D eigenvalue weighted by molar-refractivity contribution is -0.137. The lowest BCUT2D eigenvalue weighted by Crippen LogP contribution is -2.06.